The van der Waals surface area contributed by atoms with Crippen LogP contribution >= 0.6 is 0 Å². The van der Waals surface area contributed by atoms with E-state index in [-0.39, 0.29) is 6.04 Å². The van der Waals surface area contributed by atoms with E-state index in [0.717, 1.165) is 49.1 Å². The summed E-state index contributed by atoms with van der Waals surface area (Å²) < 4.78 is 53.5. The Kier molecular flexibility index (Phi) is 5.66. The Labute approximate surface area is 171 Å². The molecule has 158 valence electrons. The number of aromatic nitrogens is 1. The molecule has 1 fully saturated rings. The van der Waals surface area contributed by atoms with E-state index in [1.54, 1.807) is 6.20 Å². The van der Waals surface area contributed by atoms with Gasteiger partial charge in [0, 0.05) is 36.7 Å². The Morgan fingerprint density at radius 1 is 1.21 bits per heavy atom. The third-order valence-electron chi connectivity index (χ3n) is 6.31. The number of anilines is 1. The molecule has 1 unspecified atom stereocenters. The van der Waals surface area contributed by atoms with Crippen LogP contribution < -0.4 is 10.0 Å². The van der Waals surface area contributed by atoms with E-state index in [4.69, 9.17) is 4.78 Å². The van der Waals surface area contributed by atoms with Crippen molar-refractivity contribution in [2.45, 2.75) is 62.4 Å². The van der Waals surface area contributed by atoms with Crippen molar-refractivity contribution in [3.8, 4) is 0 Å². The van der Waals surface area contributed by atoms with E-state index in [2.05, 4.69) is 10.0 Å². The van der Waals surface area contributed by atoms with Crippen molar-refractivity contribution in [3.63, 3.8) is 0 Å². The molecule has 1 aliphatic heterocycles. The van der Waals surface area contributed by atoms with Gasteiger partial charge in [-0.1, -0.05) is 19.3 Å². The average Bonchev–Trinajstić information content (AvgIpc) is 2.96. The normalized spacial score (nSPS) is 25.4. The lowest BCUT2D eigenvalue weighted by molar-refractivity contribution is 0.283. The largest absolute Gasteiger partial charge is 0.379 e. The molecule has 2 aromatic rings. The maximum absolute atomic E-state index is 13.5. The van der Waals surface area contributed by atoms with Gasteiger partial charge in [-0.25, -0.2) is 22.5 Å². The first-order chi connectivity index (χ1) is 13.8. The number of hydrogen-bond acceptors (Lipinski definition) is 3. The molecule has 29 heavy (non-hydrogen) atoms. The average molecular weight is 423 g/mol. The molecule has 0 bridgehead atoms. The zero-order valence-corrected chi connectivity index (χ0v) is 17.5. The zero-order valence-electron chi connectivity index (χ0n) is 16.6. The van der Waals surface area contributed by atoms with Gasteiger partial charge in [0.2, 0.25) is 0 Å². The Morgan fingerprint density at radius 3 is 2.69 bits per heavy atom. The smallest absolute Gasteiger partial charge is 0.160 e. The second kappa shape index (κ2) is 8.07. The van der Waals surface area contributed by atoms with Crippen molar-refractivity contribution in [1.82, 2.24) is 9.29 Å². The SMILES string of the molecule is Cn1cc2c(c1CNc1ccc(F)c(F)c1)CC[C@@H](C1CCCCC1)NS2(=N)=O. The summed E-state index contributed by atoms with van der Waals surface area (Å²) in [7, 11) is -1.22. The minimum absolute atomic E-state index is 0.102. The van der Waals surface area contributed by atoms with Crippen molar-refractivity contribution >= 4 is 15.6 Å². The van der Waals surface area contributed by atoms with Crippen LogP contribution in [0, 0.1) is 22.3 Å². The highest BCUT2D eigenvalue weighted by molar-refractivity contribution is 7.90. The monoisotopic (exact) mass is 422 g/mol. The molecule has 3 N–H and O–H groups in total. The number of rotatable bonds is 4. The molecular weight excluding hydrogens is 394 g/mol. The molecule has 4 rings (SSSR count). The summed E-state index contributed by atoms with van der Waals surface area (Å²) >= 11 is 0. The molecule has 1 aromatic carbocycles. The first-order valence-electron chi connectivity index (χ1n) is 10.3. The van der Waals surface area contributed by atoms with Gasteiger partial charge in [-0.2, -0.15) is 0 Å². The Hall–Kier alpha value is -1.93. The maximum Gasteiger partial charge on any atom is 0.160 e. The predicted molar refractivity (Wildman–Crippen MR) is 110 cm³/mol. The second-order valence-electron chi connectivity index (χ2n) is 8.23. The molecule has 2 atom stereocenters. The molecule has 0 saturated heterocycles. The molecule has 2 heterocycles. The van der Waals surface area contributed by atoms with Gasteiger partial charge in [0.25, 0.3) is 0 Å². The molecular formula is C21H28F2N4OS. The Morgan fingerprint density at radius 2 is 1.97 bits per heavy atom. The summed E-state index contributed by atoms with van der Waals surface area (Å²) in [6, 6.07) is 3.82. The topological polar surface area (TPSA) is 69.9 Å². The van der Waals surface area contributed by atoms with Crippen molar-refractivity contribution in [2.24, 2.45) is 13.0 Å². The number of aryl methyl sites for hydroxylation is 1. The van der Waals surface area contributed by atoms with E-state index < -0.39 is 21.5 Å². The quantitative estimate of drug-likeness (QED) is 0.667. The highest BCUT2D eigenvalue weighted by Gasteiger charge is 2.32. The zero-order chi connectivity index (χ0) is 20.6. The minimum Gasteiger partial charge on any atom is -0.379 e. The Bertz CT molecular complexity index is 996. The molecule has 0 amide bonds. The van der Waals surface area contributed by atoms with Crippen LogP contribution in [-0.4, -0.2) is 14.8 Å². The second-order valence-corrected chi connectivity index (χ2v) is 10.0. The minimum atomic E-state index is -3.08. The van der Waals surface area contributed by atoms with E-state index >= 15 is 0 Å². The summed E-state index contributed by atoms with van der Waals surface area (Å²) in [4.78, 5) is 0.556. The molecule has 1 aromatic heterocycles. The van der Waals surface area contributed by atoms with Crippen molar-refractivity contribution in [2.75, 3.05) is 5.32 Å². The van der Waals surface area contributed by atoms with Crippen LogP contribution in [0.15, 0.2) is 29.3 Å². The summed E-state index contributed by atoms with van der Waals surface area (Å²) in [5, 5.41) is 3.13. The van der Waals surface area contributed by atoms with Gasteiger partial charge in [-0.15, -0.1) is 0 Å². The highest BCUT2D eigenvalue weighted by atomic mass is 32.2. The van der Waals surface area contributed by atoms with E-state index in [1.165, 1.54) is 25.3 Å². The lowest BCUT2D eigenvalue weighted by atomic mass is 9.82. The first-order valence-corrected chi connectivity index (χ1v) is 11.8. The van der Waals surface area contributed by atoms with E-state index in [9.17, 15) is 13.0 Å². The predicted octanol–water partition coefficient (Wildman–Crippen LogP) is 4.72. The fraction of sp³-hybridized carbons (Fsp3) is 0.524. The fourth-order valence-corrected chi connectivity index (χ4v) is 6.47. The molecule has 0 radical (unpaired) electrons. The summed E-state index contributed by atoms with van der Waals surface area (Å²) in [5.74, 6) is -1.29. The van der Waals surface area contributed by atoms with Crippen LogP contribution in [0.2, 0.25) is 0 Å². The first kappa shape index (κ1) is 20.3. The van der Waals surface area contributed by atoms with E-state index in [0.29, 0.717) is 23.0 Å². The maximum atomic E-state index is 13.5. The third kappa shape index (κ3) is 4.19. The number of benzene rings is 1. The molecule has 0 spiro atoms. The van der Waals surface area contributed by atoms with Gasteiger partial charge in [-0.05, 0) is 49.3 Å². The van der Waals surface area contributed by atoms with Gasteiger partial charge < -0.3 is 9.88 Å². The fourth-order valence-electron chi connectivity index (χ4n) is 4.73. The lowest BCUT2D eigenvalue weighted by Crippen LogP contribution is -2.39. The summed E-state index contributed by atoms with van der Waals surface area (Å²) in [5.41, 5.74) is 2.35. The molecule has 2 aliphatic rings. The van der Waals surface area contributed by atoms with Crippen LogP contribution in [0.3, 0.4) is 0 Å². The molecule has 1 aliphatic carbocycles. The molecule has 8 heteroatoms. The van der Waals surface area contributed by atoms with Crippen LogP contribution in [0.25, 0.3) is 0 Å². The van der Waals surface area contributed by atoms with Gasteiger partial charge in [0.15, 0.2) is 11.6 Å². The summed E-state index contributed by atoms with van der Waals surface area (Å²) in [6.07, 6.45) is 9.35. The van der Waals surface area contributed by atoms with Crippen LogP contribution in [-0.2, 0) is 29.9 Å². The van der Waals surface area contributed by atoms with Crippen LogP contribution in [0.1, 0.15) is 49.8 Å². The number of nitrogens with one attached hydrogen (secondary N) is 3. The van der Waals surface area contributed by atoms with Crippen LogP contribution in [0.5, 0.6) is 0 Å². The summed E-state index contributed by atoms with van der Waals surface area (Å²) in [6.45, 7) is 0.389. The standard InChI is InChI=1S/C21H28F2N4OS/c1-27-13-21-16(20(27)12-25-15-7-9-17(22)18(23)11-15)8-10-19(26-29(21,24)28)14-5-3-2-4-6-14/h7,9,11,13-14,19,25H,2-6,8,10,12H2,1H3,(H2,24,26,28)/t19-,29?/m0/s1. The lowest BCUT2D eigenvalue weighted by Gasteiger charge is -2.30. The number of fused-ring (bicyclic) bond motifs is 1. The van der Waals surface area contributed by atoms with Crippen molar-refractivity contribution in [1.29, 1.82) is 4.78 Å². The van der Waals surface area contributed by atoms with Gasteiger partial charge in [-0.3, -0.25) is 0 Å². The number of hydrogen-bond donors (Lipinski definition) is 3. The number of halogens is 2. The van der Waals surface area contributed by atoms with Gasteiger partial charge in [0.05, 0.1) is 11.4 Å². The van der Waals surface area contributed by atoms with Crippen LogP contribution in [0.4, 0.5) is 14.5 Å². The van der Waals surface area contributed by atoms with Gasteiger partial charge >= 0.3 is 0 Å². The Balaban J connectivity index is 1.56. The van der Waals surface area contributed by atoms with Crippen molar-refractivity contribution < 1.29 is 13.0 Å². The van der Waals surface area contributed by atoms with Gasteiger partial charge in [0.1, 0.15) is 9.92 Å². The van der Waals surface area contributed by atoms with Crippen molar-refractivity contribution in [3.05, 3.63) is 47.3 Å². The number of nitrogens with zero attached hydrogens (tertiary/aromatic N) is 1. The molecule has 5 nitrogen and oxygen atoms in total. The highest BCUT2D eigenvalue weighted by Crippen LogP contribution is 2.34. The molecule has 1 saturated carbocycles. The van der Waals surface area contributed by atoms with E-state index in [1.807, 2.05) is 11.6 Å². The third-order valence-corrected chi connectivity index (χ3v) is 7.92.